The summed E-state index contributed by atoms with van der Waals surface area (Å²) in [6.45, 7) is 3.99. The average molecular weight is 467 g/mol. The summed E-state index contributed by atoms with van der Waals surface area (Å²) >= 11 is 0. The van der Waals surface area contributed by atoms with E-state index < -0.39 is 34.4 Å². The van der Waals surface area contributed by atoms with Gasteiger partial charge in [0.15, 0.2) is 5.75 Å². The number of H-pyrrole nitrogens is 1. The molecular weight excluding hydrogens is 442 g/mol. The number of phenolic OH excluding ortho intramolecular Hbond substituents is 1. The molecule has 11 nitrogen and oxygen atoms in total. The van der Waals surface area contributed by atoms with Crippen LogP contribution in [-0.4, -0.2) is 45.9 Å². The zero-order valence-electron chi connectivity index (χ0n) is 18.6. The number of para-hydroxylation sites is 1. The highest BCUT2D eigenvalue weighted by Gasteiger charge is 2.23. The van der Waals surface area contributed by atoms with Gasteiger partial charge in [0.2, 0.25) is 0 Å². The van der Waals surface area contributed by atoms with E-state index in [-0.39, 0.29) is 18.9 Å². The summed E-state index contributed by atoms with van der Waals surface area (Å²) in [5.74, 6) is -0.948. The number of nitrogens with one attached hydrogen (secondary N) is 3. The standard InChI is InChI=1S/C23H25N5O6/c1-14(2)13-34-23(31)26-19(10-16-12-24-18-6-4-3-5-17(16)18)22(30)27-25-11-15-7-8-21(29)20(9-15)28(32)33/h3-9,11-12,14,19,24,29H,10,13H2,1-2H3,(H,26,31)(H,27,30)/b25-11-/t19-/m1/s1. The van der Waals surface area contributed by atoms with Crippen LogP contribution in [0.1, 0.15) is 25.0 Å². The molecule has 0 unspecified atom stereocenters. The van der Waals surface area contributed by atoms with Gasteiger partial charge >= 0.3 is 11.8 Å². The normalized spacial score (nSPS) is 12.1. The van der Waals surface area contributed by atoms with E-state index in [1.165, 1.54) is 12.3 Å². The number of aromatic amines is 1. The highest BCUT2D eigenvalue weighted by atomic mass is 16.6. The predicted octanol–water partition coefficient (Wildman–Crippen LogP) is 3.23. The van der Waals surface area contributed by atoms with Crippen molar-refractivity contribution in [2.75, 3.05) is 6.61 Å². The number of nitrogens with zero attached hydrogens (tertiary/aromatic N) is 2. The summed E-state index contributed by atoms with van der Waals surface area (Å²) < 4.78 is 5.15. The van der Waals surface area contributed by atoms with Crippen molar-refractivity contribution >= 4 is 34.8 Å². The van der Waals surface area contributed by atoms with E-state index in [0.29, 0.717) is 5.56 Å². The summed E-state index contributed by atoms with van der Waals surface area (Å²) in [6, 6.07) is 10.3. The molecule has 4 N–H and O–H groups in total. The van der Waals surface area contributed by atoms with Gasteiger partial charge in [0, 0.05) is 35.2 Å². The summed E-state index contributed by atoms with van der Waals surface area (Å²) in [6.07, 6.45) is 2.41. The molecular formula is C23H25N5O6. The number of nitro benzene ring substituents is 1. The summed E-state index contributed by atoms with van der Waals surface area (Å²) in [4.78, 5) is 38.4. The van der Waals surface area contributed by atoms with Crippen LogP contribution in [0, 0.1) is 16.0 Å². The van der Waals surface area contributed by atoms with Gasteiger partial charge in [-0.1, -0.05) is 32.0 Å². The van der Waals surface area contributed by atoms with E-state index >= 15 is 0 Å². The second-order valence-corrected chi connectivity index (χ2v) is 7.99. The third-order valence-corrected chi connectivity index (χ3v) is 4.84. The quantitative estimate of drug-likeness (QED) is 0.215. The number of hydrogen-bond donors (Lipinski definition) is 4. The van der Waals surface area contributed by atoms with Crippen molar-refractivity contribution in [2.24, 2.45) is 11.0 Å². The van der Waals surface area contributed by atoms with Crippen LogP contribution in [0.4, 0.5) is 10.5 Å². The van der Waals surface area contributed by atoms with Crippen LogP contribution in [0.2, 0.25) is 0 Å². The highest BCUT2D eigenvalue weighted by molar-refractivity contribution is 5.89. The molecule has 0 spiro atoms. The Labute approximate surface area is 195 Å². The predicted molar refractivity (Wildman–Crippen MR) is 126 cm³/mol. The molecule has 178 valence electrons. The Bertz CT molecular complexity index is 1220. The number of aromatic hydroxyl groups is 1. The third kappa shape index (κ3) is 6.31. The van der Waals surface area contributed by atoms with Crippen LogP contribution in [-0.2, 0) is 16.0 Å². The molecule has 0 bridgehead atoms. The molecule has 0 radical (unpaired) electrons. The van der Waals surface area contributed by atoms with Crippen molar-refractivity contribution in [1.29, 1.82) is 0 Å². The van der Waals surface area contributed by atoms with Gasteiger partial charge < -0.3 is 20.1 Å². The van der Waals surface area contributed by atoms with E-state index in [1.54, 1.807) is 6.20 Å². The fourth-order valence-corrected chi connectivity index (χ4v) is 3.17. The number of rotatable bonds is 9. The largest absolute Gasteiger partial charge is 0.502 e. The van der Waals surface area contributed by atoms with Gasteiger partial charge in [-0.2, -0.15) is 5.10 Å². The first-order chi connectivity index (χ1) is 16.2. The lowest BCUT2D eigenvalue weighted by Crippen LogP contribution is -2.47. The van der Waals surface area contributed by atoms with Crippen molar-refractivity contribution in [3.8, 4) is 5.75 Å². The molecule has 2 amide bonds. The topological polar surface area (TPSA) is 159 Å². The Morgan fingerprint density at radius 3 is 2.76 bits per heavy atom. The summed E-state index contributed by atoms with van der Waals surface area (Å²) in [5, 5.41) is 27.8. The number of ether oxygens (including phenoxy) is 1. The molecule has 0 fully saturated rings. The second kappa shape index (κ2) is 10.9. The highest BCUT2D eigenvalue weighted by Crippen LogP contribution is 2.25. The molecule has 0 aliphatic rings. The van der Waals surface area contributed by atoms with Crippen molar-refractivity contribution < 1.29 is 24.4 Å². The molecule has 2 aromatic carbocycles. The zero-order valence-corrected chi connectivity index (χ0v) is 18.6. The third-order valence-electron chi connectivity index (χ3n) is 4.84. The number of amides is 2. The molecule has 0 saturated heterocycles. The minimum absolute atomic E-state index is 0.130. The monoisotopic (exact) mass is 467 g/mol. The lowest BCUT2D eigenvalue weighted by Gasteiger charge is -2.17. The number of alkyl carbamates (subject to hydrolysis) is 1. The van der Waals surface area contributed by atoms with E-state index in [2.05, 4.69) is 20.8 Å². The van der Waals surface area contributed by atoms with Gasteiger partial charge in [0.1, 0.15) is 6.04 Å². The minimum atomic E-state index is -0.995. The number of hydrazone groups is 1. The number of phenols is 1. The second-order valence-electron chi connectivity index (χ2n) is 7.99. The van der Waals surface area contributed by atoms with Crippen molar-refractivity contribution in [3.63, 3.8) is 0 Å². The van der Waals surface area contributed by atoms with Crippen LogP contribution in [0.15, 0.2) is 53.8 Å². The molecule has 0 aliphatic carbocycles. The van der Waals surface area contributed by atoms with Gasteiger partial charge in [0.05, 0.1) is 17.7 Å². The number of nitro groups is 1. The minimum Gasteiger partial charge on any atom is -0.502 e. The Kier molecular flexibility index (Phi) is 7.80. The smallest absolute Gasteiger partial charge is 0.407 e. The average Bonchev–Trinajstić information content (AvgIpc) is 3.21. The summed E-state index contributed by atoms with van der Waals surface area (Å²) in [7, 11) is 0. The first-order valence-electron chi connectivity index (χ1n) is 10.5. The Morgan fingerprint density at radius 2 is 2.03 bits per heavy atom. The van der Waals surface area contributed by atoms with E-state index in [1.807, 2.05) is 38.1 Å². The number of benzene rings is 2. The van der Waals surface area contributed by atoms with Crippen LogP contribution in [0.5, 0.6) is 5.75 Å². The van der Waals surface area contributed by atoms with Crippen LogP contribution >= 0.6 is 0 Å². The first kappa shape index (κ1) is 24.2. The Morgan fingerprint density at radius 1 is 1.26 bits per heavy atom. The zero-order chi connectivity index (χ0) is 24.7. The van der Waals surface area contributed by atoms with Gasteiger partial charge in [-0.25, -0.2) is 10.2 Å². The molecule has 0 saturated carbocycles. The Hall–Kier alpha value is -4.41. The number of hydrogen-bond acceptors (Lipinski definition) is 7. The van der Waals surface area contributed by atoms with Crippen LogP contribution in [0.25, 0.3) is 10.9 Å². The SMILES string of the molecule is CC(C)COC(=O)N[C@H](Cc1c[nH]c2ccccc12)C(=O)N/N=C\c1ccc(O)c([N+](=O)[O-])c1. The molecule has 3 rings (SSSR count). The fourth-order valence-electron chi connectivity index (χ4n) is 3.17. The first-order valence-corrected chi connectivity index (χ1v) is 10.5. The van der Waals surface area contributed by atoms with Crippen molar-refractivity contribution in [1.82, 2.24) is 15.7 Å². The molecule has 1 atom stereocenters. The molecule has 34 heavy (non-hydrogen) atoms. The van der Waals surface area contributed by atoms with Crippen LogP contribution < -0.4 is 10.7 Å². The maximum atomic E-state index is 12.8. The van der Waals surface area contributed by atoms with Gasteiger partial charge in [0.25, 0.3) is 5.91 Å². The lowest BCUT2D eigenvalue weighted by molar-refractivity contribution is -0.385. The number of fused-ring (bicyclic) bond motifs is 1. The fraction of sp³-hybridized carbons (Fsp3) is 0.261. The number of aromatic nitrogens is 1. The molecule has 1 heterocycles. The number of carbonyl (C=O) groups is 2. The summed E-state index contributed by atoms with van der Waals surface area (Å²) in [5.41, 5.74) is 3.86. The Balaban J connectivity index is 1.74. The lowest BCUT2D eigenvalue weighted by atomic mass is 10.0. The van der Waals surface area contributed by atoms with Gasteiger partial charge in [-0.05, 0) is 29.7 Å². The van der Waals surface area contributed by atoms with Crippen molar-refractivity contribution in [3.05, 3.63) is 69.9 Å². The molecule has 1 aromatic heterocycles. The maximum absolute atomic E-state index is 12.8. The van der Waals surface area contributed by atoms with Gasteiger partial charge in [-0.3, -0.25) is 14.9 Å². The van der Waals surface area contributed by atoms with Crippen molar-refractivity contribution in [2.45, 2.75) is 26.3 Å². The van der Waals surface area contributed by atoms with Crippen LogP contribution in [0.3, 0.4) is 0 Å². The molecule has 3 aromatic rings. The van der Waals surface area contributed by atoms with E-state index in [0.717, 1.165) is 28.6 Å². The maximum Gasteiger partial charge on any atom is 0.407 e. The van der Waals surface area contributed by atoms with E-state index in [4.69, 9.17) is 4.74 Å². The number of carbonyl (C=O) groups excluding carboxylic acids is 2. The van der Waals surface area contributed by atoms with E-state index in [9.17, 15) is 24.8 Å². The molecule has 11 heteroatoms. The van der Waals surface area contributed by atoms with Gasteiger partial charge in [-0.15, -0.1) is 0 Å². The molecule has 0 aliphatic heterocycles.